The number of ether oxygens (including phenoxy) is 1. The van der Waals surface area contributed by atoms with Crippen LogP contribution >= 0.6 is 0 Å². The maximum absolute atomic E-state index is 11.7. The minimum absolute atomic E-state index is 0.0782. The van der Waals surface area contributed by atoms with E-state index in [4.69, 9.17) is 4.74 Å². The summed E-state index contributed by atoms with van der Waals surface area (Å²) in [5.74, 6) is -1.68. The Balaban J connectivity index is 4.56. The third-order valence-electron chi connectivity index (χ3n) is 1.93. The second kappa shape index (κ2) is 5.62. The zero-order chi connectivity index (χ0) is 13.9. The van der Waals surface area contributed by atoms with Crippen molar-refractivity contribution in [2.24, 2.45) is 0 Å². The van der Waals surface area contributed by atoms with Crippen LogP contribution in [0.4, 0.5) is 0 Å². The third kappa shape index (κ3) is 7.10. The number of hydrogen-bond acceptors (Lipinski definition) is 5. The second-order valence-corrected chi connectivity index (χ2v) is 7.53. The van der Waals surface area contributed by atoms with E-state index in [9.17, 15) is 18.0 Å². The predicted molar refractivity (Wildman–Crippen MR) is 64.4 cm³/mol. The SMILES string of the molecule is CC(=O)CC(C)S(=O)(=O)CC(=O)OC(C)(C)C. The molecule has 5 nitrogen and oxygen atoms in total. The highest BCUT2D eigenvalue weighted by molar-refractivity contribution is 7.92. The highest BCUT2D eigenvalue weighted by atomic mass is 32.2. The summed E-state index contributed by atoms with van der Waals surface area (Å²) in [7, 11) is -3.62. The summed E-state index contributed by atoms with van der Waals surface area (Å²) in [5.41, 5.74) is -0.712. The van der Waals surface area contributed by atoms with Crippen molar-refractivity contribution in [1.29, 1.82) is 0 Å². The van der Waals surface area contributed by atoms with E-state index in [1.54, 1.807) is 20.8 Å². The van der Waals surface area contributed by atoms with Gasteiger partial charge >= 0.3 is 5.97 Å². The molecular formula is C11H20O5S. The van der Waals surface area contributed by atoms with E-state index in [1.807, 2.05) is 0 Å². The Labute approximate surface area is 102 Å². The van der Waals surface area contributed by atoms with Crippen molar-refractivity contribution in [2.75, 3.05) is 5.75 Å². The maximum Gasteiger partial charge on any atom is 0.321 e. The number of Topliss-reactive ketones (excluding diaryl/α,β-unsaturated/α-hetero) is 1. The molecule has 0 aromatic carbocycles. The van der Waals surface area contributed by atoms with Gasteiger partial charge in [-0.15, -0.1) is 0 Å². The number of esters is 1. The average Bonchev–Trinajstić information content (AvgIpc) is 1.96. The van der Waals surface area contributed by atoms with E-state index in [2.05, 4.69) is 0 Å². The fourth-order valence-electron chi connectivity index (χ4n) is 1.21. The predicted octanol–water partition coefficient (Wildman–Crippen LogP) is 1.11. The van der Waals surface area contributed by atoms with Crippen LogP contribution in [0.25, 0.3) is 0 Å². The fourth-order valence-corrected chi connectivity index (χ4v) is 2.37. The molecule has 0 fully saturated rings. The number of hydrogen-bond donors (Lipinski definition) is 0. The molecule has 0 aliphatic carbocycles. The number of carbonyl (C=O) groups excluding carboxylic acids is 2. The van der Waals surface area contributed by atoms with Crippen LogP contribution in [0.2, 0.25) is 0 Å². The monoisotopic (exact) mass is 264 g/mol. The van der Waals surface area contributed by atoms with Crippen molar-refractivity contribution in [2.45, 2.75) is 51.9 Å². The maximum atomic E-state index is 11.7. The number of rotatable bonds is 5. The highest BCUT2D eigenvalue weighted by Gasteiger charge is 2.28. The minimum Gasteiger partial charge on any atom is -0.459 e. The van der Waals surface area contributed by atoms with Crippen LogP contribution in [0.15, 0.2) is 0 Å². The molecule has 17 heavy (non-hydrogen) atoms. The molecule has 0 N–H and O–H groups in total. The molecule has 0 aliphatic rings. The molecule has 0 saturated heterocycles. The number of ketones is 1. The van der Waals surface area contributed by atoms with Gasteiger partial charge in [0.2, 0.25) is 0 Å². The van der Waals surface area contributed by atoms with Gasteiger partial charge in [-0.05, 0) is 34.6 Å². The van der Waals surface area contributed by atoms with Crippen molar-refractivity contribution in [1.82, 2.24) is 0 Å². The molecule has 0 heterocycles. The standard InChI is InChI=1S/C11H20O5S/c1-8(12)6-9(2)17(14,15)7-10(13)16-11(3,4)5/h9H,6-7H2,1-5H3. The Morgan fingerprint density at radius 3 is 2.06 bits per heavy atom. The lowest BCUT2D eigenvalue weighted by Gasteiger charge is -2.20. The van der Waals surface area contributed by atoms with Gasteiger partial charge in [0.1, 0.15) is 17.1 Å². The van der Waals surface area contributed by atoms with Gasteiger partial charge in [-0.3, -0.25) is 9.59 Å². The highest BCUT2D eigenvalue weighted by Crippen LogP contribution is 2.11. The second-order valence-electron chi connectivity index (χ2n) is 5.11. The first-order valence-electron chi connectivity index (χ1n) is 5.37. The Hall–Kier alpha value is -0.910. The summed E-state index contributed by atoms with van der Waals surface area (Å²) >= 11 is 0. The van der Waals surface area contributed by atoms with Crippen molar-refractivity contribution >= 4 is 21.6 Å². The lowest BCUT2D eigenvalue weighted by atomic mass is 10.2. The van der Waals surface area contributed by atoms with E-state index in [0.29, 0.717) is 0 Å². The van der Waals surface area contributed by atoms with Gasteiger partial charge in [0.05, 0.1) is 5.25 Å². The lowest BCUT2D eigenvalue weighted by molar-refractivity contribution is -0.151. The molecule has 0 radical (unpaired) electrons. The first-order chi connectivity index (χ1) is 7.44. The van der Waals surface area contributed by atoms with Crippen molar-refractivity contribution in [3.05, 3.63) is 0 Å². The van der Waals surface area contributed by atoms with E-state index in [-0.39, 0.29) is 12.2 Å². The molecule has 0 aromatic rings. The molecule has 1 atom stereocenters. The normalized spacial score (nSPS) is 14.2. The van der Waals surface area contributed by atoms with Crippen LogP contribution < -0.4 is 0 Å². The minimum atomic E-state index is -3.62. The van der Waals surface area contributed by atoms with Gasteiger partial charge in [0.15, 0.2) is 9.84 Å². The summed E-state index contributed by atoms with van der Waals surface area (Å²) in [5, 5.41) is -0.854. The molecule has 0 bridgehead atoms. The van der Waals surface area contributed by atoms with E-state index >= 15 is 0 Å². The van der Waals surface area contributed by atoms with Crippen LogP contribution in [0.5, 0.6) is 0 Å². The zero-order valence-electron chi connectivity index (χ0n) is 10.9. The van der Waals surface area contributed by atoms with E-state index < -0.39 is 32.4 Å². The van der Waals surface area contributed by atoms with Gasteiger partial charge in [-0.2, -0.15) is 0 Å². The quantitative estimate of drug-likeness (QED) is 0.695. The molecule has 0 aromatic heterocycles. The van der Waals surface area contributed by atoms with E-state index in [0.717, 1.165) is 0 Å². The van der Waals surface area contributed by atoms with Gasteiger partial charge in [0, 0.05) is 6.42 Å². The molecule has 0 saturated carbocycles. The average molecular weight is 264 g/mol. The Bertz CT molecular complexity index is 389. The van der Waals surface area contributed by atoms with Crippen LogP contribution in [-0.4, -0.2) is 36.8 Å². The number of carbonyl (C=O) groups is 2. The molecule has 1 unspecified atom stereocenters. The van der Waals surface area contributed by atoms with Gasteiger partial charge in [-0.25, -0.2) is 8.42 Å². The molecule has 100 valence electrons. The summed E-state index contributed by atoms with van der Waals surface area (Å²) in [4.78, 5) is 22.2. The van der Waals surface area contributed by atoms with Crippen molar-refractivity contribution < 1.29 is 22.7 Å². The lowest BCUT2D eigenvalue weighted by Crippen LogP contribution is -2.32. The summed E-state index contributed by atoms with van der Waals surface area (Å²) in [6.45, 7) is 7.73. The fraction of sp³-hybridized carbons (Fsp3) is 0.818. The van der Waals surface area contributed by atoms with Crippen molar-refractivity contribution in [3.8, 4) is 0 Å². The Morgan fingerprint density at radius 2 is 1.71 bits per heavy atom. The Kier molecular flexibility index (Phi) is 5.32. The Morgan fingerprint density at radius 1 is 1.24 bits per heavy atom. The molecule has 6 heteroatoms. The molecular weight excluding hydrogens is 244 g/mol. The summed E-state index contributed by atoms with van der Waals surface area (Å²) in [6.07, 6.45) is -0.0782. The zero-order valence-corrected chi connectivity index (χ0v) is 11.8. The van der Waals surface area contributed by atoms with Crippen LogP contribution in [0.1, 0.15) is 41.0 Å². The smallest absolute Gasteiger partial charge is 0.321 e. The first-order valence-corrected chi connectivity index (χ1v) is 7.08. The number of sulfone groups is 1. The molecule has 0 spiro atoms. The topological polar surface area (TPSA) is 77.5 Å². The van der Waals surface area contributed by atoms with Gasteiger partial charge < -0.3 is 4.74 Å². The molecule has 0 aliphatic heterocycles. The summed E-state index contributed by atoms with van der Waals surface area (Å²) in [6, 6.07) is 0. The molecule has 0 amide bonds. The van der Waals surface area contributed by atoms with E-state index in [1.165, 1.54) is 13.8 Å². The van der Waals surface area contributed by atoms with Crippen LogP contribution in [-0.2, 0) is 24.2 Å². The van der Waals surface area contributed by atoms with Crippen molar-refractivity contribution in [3.63, 3.8) is 0 Å². The van der Waals surface area contributed by atoms with Crippen LogP contribution in [0, 0.1) is 0 Å². The van der Waals surface area contributed by atoms with Gasteiger partial charge in [-0.1, -0.05) is 0 Å². The van der Waals surface area contributed by atoms with Crippen LogP contribution in [0.3, 0.4) is 0 Å². The van der Waals surface area contributed by atoms with Gasteiger partial charge in [0.25, 0.3) is 0 Å². The molecule has 0 rings (SSSR count). The summed E-state index contributed by atoms with van der Waals surface area (Å²) < 4.78 is 28.3. The first kappa shape index (κ1) is 16.1. The third-order valence-corrected chi connectivity index (χ3v) is 3.96. The largest absolute Gasteiger partial charge is 0.459 e.